The van der Waals surface area contributed by atoms with Gasteiger partial charge in [0.1, 0.15) is 24.7 Å². The van der Waals surface area contributed by atoms with Crippen molar-refractivity contribution in [2.45, 2.75) is 26.0 Å². The number of nitrogens with one attached hydrogen (secondary N) is 1. The number of ether oxygens (including phenoxy) is 1. The Hall–Kier alpha value is -4.13. The van der Waals surface area contributed by atoms with Gasteiger partial charge < -0.3 is 19.5 Å². The molecule has 1 aromatic heterocycles. The van der Waals surface area contributed by atoms with Crippen LogP contribution >= 0.6 is 0 Å². The smallest absolute Gasteiger partial charge is 0.244 e. The molecular weight excluding hydrogens is 416 g/mol. The van der Waals surface area contributed by atoms with Gasteiger partial charge in [-0.3, -0.25) is 9.59 Å². The number of carbonyl (C=O) groups excluding carboxylic acids is 2. The minimum Gasteiger partial charge on any atom is -0.486 e. The highest BCUT2D eigenvalue weighted by Gasteiger charge is 2.21. The van der Waals surface area contributed by atoms with Crippen molar-refractivity contribution < 1.29 is 14.3 Å². The summed E-state index contributed by atoms with van der Waals surface area (Å²) in [6.07, 6.45) is 1.47. The normalized spacial score (nSPS) is 13.5. The molecule has 1 N–H and O–H groups in total. The second-order valence-electron chi connectivity index (χ2n) is 7.95. The van der Waals surface area contributed by atoms with E-state index in [0.29, 0.717) is 17.9 Å². The van der Waals surface area contributed by atoms with Crippen molar-refractivity contribution in [1.82, 2.24) is 9.55 Å². The first-order chi connectivity index (χ1) is 16.2. The summed E-state index contributed by atoms with van der Waals surface area (Å²) in [5.41, 5.74) is 3.23. The van der Waals surface area contributed by atoms with Gasteiger partial charge in [0.25, 0.3) is 0 Å². The number of amides is 2. The van der Waals surface area contributed by atoms with Crippen molar-refractivity contribution in [3.05, 3.63) is 84.7 Å². The van der Waals surface area contributed by atoms with Crippen LogP contribution in [-0.2, 0) is 22.7 Å². The second kappa shape index (κ2) is 9.16. The molecule has 0 atom stereocenters. The van der Waals surface area contributed by atoms with Crippen LogP contribution in [0.25, 0.3) is 11.0 Å². The molecule has 0 saturated carbocycles. The van der Waals surface area contributed by atoms with Crippen LogP contribution in [0.4, 0.5) is 11.4 Å². The van der Waals surface area contributed by atoms with E-state index >= 15 is 0 Å². The van der Waals surface area contributed by atoms with Gasteiger partial charge in [-0.25, -0.2) is 4.98 Å². The minimum absolute atomic E-state index is 0.111. The highest BCUT2D eigenvalue weighted by molar-refractivity contribution is 5.96. The average molecular weight is 441 g/mol. The standard InChI is InChI=1S/C26H24N4O3/c31-25(27-19-12-14-20(15-13-19)29-16-6-11-26(29)32)17-30-23-10-5-4-9-22(23)28-24(30)18-33-21-7-2-1-3-8-21/h1-5,7-10,12-15H,6,11,16-18H2,(H,27,31). The van der Waals surface area contributed by atoms with Gasteiger partial charge in [-0.1, -0.05) is 30.3 Å². The first kappa shape index (κ1) is 20.8. The van der Waals surface area contributed by atoms with Crippen molar-refractivity contribution in [2.75, 3.05) is 16.8 Å². The number of para-hydroxylation sites is 3. The first-order valence-electron chi connectivity index (χ1n) is 11.0. The third-order valence-corrected chi connectivity index (χ3v) is 5.68. The van der Waals surface area contributed by atoms with Crippen molar-refractivity contribution in [3.8, 4) is 5.75 Å². The summed E-state index contributed by atoms with van der Waals surface area (Å²) in [6, 6.07) is 24.6. The van der Waals surface area contributed by atoms with Crippen molar-refractivity contribution >= 4 is 34.2 Å². The number of benzene rings is 3. The lowest BCUT2D eigenvalue weighted by Crippen LogP contribution is -2.23. The number of nitrogens with zero attached hydrogens (tertiary/aromatic N) is 3. The van der Waals surface area contributed by atoms with E-state index in [9.17, 15) is 9.59 Å². The van der Waals surface area contributed by atoms with Gasteiger partial charge in [-0.15, -0.1) is 0 Å². The number of fused-ring (bicyclic) bond motifs is 1. The highest BCUT2D eigenvalue weighted by atomic mass is 16.5. The fourth-order valence-corrected chi connectivity index (χ4v) is 4.07. The van der Waals surface area contributed by atoms with Crippen LogP contribution in [0.3, 0.4) is 0 Å². The molecule has 0 aliphatic carbocycles. The molecule has 4 aromatic rings. The molecule has 33 heavy (non-hydrogen) atoms. The lowest BCUT2D eigenvalue weighted by atomic mass is 10.2. The van der Waals surface area contributed by atoms with Crippen LogP contribution in [0.2, 0.25) is 0 Å². The largest absolute Gasteiger partial charge is 0.486 e. The summed E-state index contributed by atoms with van der Waals surface area (Å²) in [6.45, 7) is 1.11. The van der Waals surface area contributed by atoms with Gasteiger partial charge in [0.2, 0.25) is 11.8 Å². The maximum Gasteiger partial charge on any atom is 0.244 e. The molecule has 0 radical (unpaired) electrons. The molecule has 0 unspecified atom stereocenters. The van der Waals surface area contributed by atoms with Crippen molar-refractivity contribution in [3.63, 3.8) is 0 Å². The number of anilines is 2. The van der Waals surface area contributed by atoms with Crippen LogP contribution in [0.15, 0.2) is 78.9 Å². The molecule has 5 rings (SSSR count). The Morgan fingerprint density at radius 2 is 1.73 bits per heavy atom. The zero-order chi connectivity index (χ0) is 22.6. The molecule has 1 aliphatic heterocycles. The highest BCUT2D eigenvalue weighted by Crippen LogP contribution is 2.23. The molecule has 166 valence electrons. The van der Waals surface area contributed by atoms with E-state index in [1.54, 1.807) is 4.90 Å². The van der Waals surface area contributed by atoms with E-state index in [2.05, 4.69) is 10.3 Å². The topological polar surface area (TPSA) is 76.5 Å². The number of aromatic nitrogens is 2. The van der Waals surface area contributed by atoms with E-state index in [4.69, 9.17) is 4.74 Å². The number of hydrogen-bond acceptors (Lipinski definition) is 4. The second-order valence-corrected chi connectivity index (χ2v) is 7.95. The monoisotopic (exact) mass is 440 g/mol. The fraction of sp³-hybridized carbons (Fsp3) is 0.192. The first-order valence-corrected chi connectivity index (χ1v) is 11.0. The predicted molar refractivity (Wildman–Crippen MR) is 127 cm³/mol. The molecule has 2 heterocycles. The Morgan fingerprint density at radius 3 is 2.48 bits per heavy atom. The summed E-state index contributed by atoms with van der Waals surface area (Å²) in [5.74, 6) is 1.41. The number of imidazole rings is 1. The Morgan fingerprint density at radius 1 is 0.970 bits per heavy atom. The van der Waals surface area contributed by atoms with Crippen LogP contribution in [0.1, 0.15) is 18.7 Å². The Labute approximate surface area is 191 Å². The number of hydrogen-bond donors (Lipinski definition) is 1. The summed E-state index contributed by atoms with van der Waals surface area (Å²) in [5, 5.41) is 2.94. The van der Waals surface area contributed by atoms with Crippen molar-refractivity contribution in [2.24, 2.45) is 0 Å². The lowest BCUT2D eigenvalue weighted by Gasteiger charge is -2.16. The SMILES string of the molecule is O=C(Cn1c(COc2ccccc2)nc2ccccc21)Nc1ccc(N2CCCC2=O)cc1. The molecule has 1 aliphatic rings. The number of carbonyl (C=O) groups is 2. The quantitative estimate of drug-likeness (QED) is 0.463. The van der Waals surface area contributed by atoms with E-state index in [0.717, 1.165) is 35.4 Å². The molecule has 1 saturated heterocycles. The zero-order valence-corrected chi connectivity index (χ0v) is 18.1. The number of rotatable bonds is 7. The molecule has 1 fully saturated rings. The van der Waals surface area contributed by atoms with Gasteiger partial charge in [-0.05, 0) is 55.0 Å². The predicted octanol–water partition coefficient (Wildman–Crippen LogP) is 4.38. The minimum atomic E-state index is -0.163. The molecule has 7 heteroatoms. The van der Waals surface area contributed by atoms with E-state index in [1.165, 1.54) is 0 Å². The van der Waals surface area contributed by atoms with Gasteiger partial charge in [0, 0.05) is 24.3 Å². The maximum absolute atomic E-state index is 12.9. The van der Waals surface area contributed by atoms with Gasteiger partial charge >= 0.3 is 0 Å². The van der Waals surface area contributed by atoms with Gasteiger partial charge in [0.05, 0.1) is 11.0 Å². The Bertz CT molecular complexity index is 1280. The molecule has 3 aromatic carbocycles. The Balaban J connectivity index is 1.30. The average Bonchev–Trinajstić information content (AvgIpc) is 3.42. The summed E-state index contributed by atoms with van der Waals surface area (Å²) >= 11 is 0. The third kappa shape index (κ3) is 4.57. The third-order valence-electron chi connectivity index (χ3n) is 5.68. The molecule has 0 spiro atoms. The van der Waals surface area contributed by atoms with Crippen LogP contribution in [0.5, 0.6) is 5.75 Å². The summed E-state index contributed by atoms with van der Waals surface area (Å²) in [4.78, 5) is 31.3. The molecule has 7 nitrogen and oxygen atoms in total. The Kier molecular flexibility index (Phi) is 5.76. The summed E-state index contributed by atoms with van der Waals surface area (Å²) < 4.78 is 7.77. The summed E-state index contributed by atoms with van der Waals surface area (Å²) in [7, 11) is 0. The fourth-order valence-electron chi connectivity index (χ4n) is 4.07. The van der Waals surface area contributed by atoms with Crippen molar-refractivity contribution in [1.29, 1.82) is 0 Å². The molecular formula is C26H24N4O3. The van der Waals surface area contributed by atoms with E-state index in [1.807, 2.05) is 83.4 Å². The van der Waals surface area contributed by atoms with Gasteiger partial charge in [-0.2, -0.15) is 0 Å². The van der Waals surface area contributed by atoms with Crippen LogP contribution < -0.4 is 15.0 Å². The molecule has 2 amide bonds. The zero-order valence-electron chi connectivity index (χ0n) is 18.1. The maximum atomic E-state index is 12.9. The molecule has 0 bridgehead atoms. The van der Waals surface area contributed by atoms with Gasteiger partial charge in [0.15, 0.2) is 0 Å². The van der Waals surface area contributed by atoms with E-state index < -0.39 is 0 Å². The van der Waals surface area contributed by atoms with Crippen LogP contribution in [0, 0.1) is 0 Å². The van der Waals surface area contributed by atoms with E-state index in [-0.39, 0.29) is 25.0 Å². The van der Waals surface area contributed by atoms with Crippen LogP contribution in [-0.4, -0.2) is 27.9 Å². The lowest BCUT2D eigenvalue weighted by molar-refractivity contribution is -0.117.